The standard InChI is InChI=1S/C58H34O2/c1-2-15-35(16-3-1)54-39-17-4-6-19-41(39)55(42-20-7-5-18-40(42)54)36-30-32-51-49(33-36)38-31-29-37(34-53(38)60-51)56-43-21-8-10-23-45(43)57(46-24-11-9-22-44(46)56)48-26-14-28-52-58(48)47-25-12-13-27-50(47)59-52/h1-34H. The predicted octanol–water partition coefficient (Wildman–Crippen LogP) is 16.8. The van der Waals surface area contributed by atoms with Crippen LogP contribution in [-0.2, 0) is 0 Å². The van der Waals surface area contributed by atoms with Crippen molar-refractivity contribution in [2.24, 2.45) is 0 Å². The summed E-state index contributed by atoms with van der Waals surface area (Å²) in [5.41, 5.74) is 13.2. The van der Waals surface area contributed by atoms with Gasteiger partial charge in [0.25, 0.3) is 0 Å². The minimum absolute atomic E-state index is 0.876. The van der Waals surface area contributed by atoms with Crippen LogP contribution in [0.3, 0.4) is 0 Å². The van der Waals surface area contributed by atoms with Gasteiger partial charge in [-0.05, 0) is 124 Å². The molecule has 0 unspecified atom stereocenters. The largest absolute Gasteiger partial charge is 0.456 e. The van der Waals surface area contributed by atoms with Crippen molar-refractivity contribution in [2.45, 2.75) is 0 Å². The summed E-state index contributed by atoms with van der Waals surface area (Å²) in [6.07, 6.45) is 0. The second kappa shape index (κ2) is 12.8. The van der Waals surface area contributed by atoms with Crippen LogP contribution in [-0.4, -0.2) is 0 Å². The van der Waals surface area contributed by atoms with Crippen LogP contribution in [0.25, 0.3) is 131 Å². The first-order valence-corrected chi connectivity index (χ1v) is 20.6. The number of furan rings is 2. The van der Waals surface area contributed by atoms with E-state index in [1.807, 2.05) is 6.07 Å². The molecule has 0 aliphatic heterocycles. The van der Waals surface area contributed by atoms with E-state index in [2.05, 4.69) is 200 Å². The molecule has 2 nitrogen and oxygen atoms in total. The van der Waals surface area contributed by atoms with Crippen LogP contribution in [0.15, 0.2) is 215 Å². The molecule has 2 heterocycles. The molecule has 2 aromatic heterocycles. The van der Waals surface area contributed by atoms with Gasteiger partial charge in [0, 0.05) is 21.5 Å². The van der Waals surface area contributed by atoms with E-state index in [1.165, 1.54) is 82.0 Å². The Kier molecular flexibility index (Phi) is 7.05. The second-order valence-electron chi connectivity index (χ2n) is 15.8. The first kappa shape index (κ1) is 33.1. The Bertz CT molecular complexity index is 3770. The van der Waals surface area contributed by atoms with Crippen molar-refractivity contribution in [3.63, 3.8) is 0 Å². The maximum atomic E-state index is 6.74. The average molecular weight is 763 g/mol. The van der Waals surface area contributed by atoms with Gasteiger partial charge in [-0.1, -0.05) is 170 Å². The van der Waals surface area contributed by atoms with Crippen molar-refractivity contribution in [3.8, 4) is 44.5 Å². The maximum Gasteiger partial charge on any atom is 0.136 e. The van der Waals surface area contributed by atoms with Gasteiger partial charge in [0.15, 0.2) is 0 Å². The van der Waals surface area contributed by atoms with Crippen LogP contribution in [0.4, 0.5) is 0 Å². The van der Waals surface area contributed by atoms with E-state index in [0.717, 1.165) is 49.4 Å². The lowest BCUT2D eigenvalue weighted by Crippen LogP contribution is -1.91. The highest BCUT2D eigenvalue weighted by molar-refractivity contribution is 6.26. The third-order valence-corrected chi connectivity index (χ3v) is 12.6. The van der Waals surface area contributed by atoms with E-state index in [-0.39, 0.29) is 0 Å². The van der Waals surface area contributed by atoms with E-state index < -0.39 is 0 Å². The number of rotatable bonds is 4. The molecule has 0 bridgehead atoms. The quantitative estimate of drug-likeness (QED) is 0.167. The minimum atomic E-state index is 0.876. The van der Waals surface area contributed by atoms with Crippen LogP contribution < -0.4 is 0 Å². The molecule has 13 rings (SSSR count). The smallest absolute Gasteiger partial charge is 0.136 e. The minimum Gasteiger partial charge on any atom is -0.456 e. The zero-order valence-corrected chi connectivity index (χ0v) is 32.4. The van der Waals surface area contributed by atoms with E-state index >= 15 is 0 Å². The van der Waals surface area contributed by atoms with Crippen LogP contribution >= 0.6 is 0 Å². The summed E-state index contributed by atoms with van der Waals surface area (Å²) in [4.78, 5) is 0. The summed E-state index contributed by atoms with van der Waals surface area (Å²) in [7, 11) is 0. The lowest BCUT2D eigenvalue weighted by atomic mass is 9.84. The fraction of sp³-hybridized carbons (Fsp3) is 0. The molecule has 0 aliphatic rings. The molecule has 0 aliphatic carbocycles. The Morgan fingerprint density at radius 3 is 1.25 bits per heavy atom. The number of benzene rings is 11. The molecule has 0 radical (unpaired) electrons. The second-order valence-corrected chi connectivity index (χ2v) is 15.8. The van der Waals surface area contributed by atoms with E-state index in [4.69, 9.17) is 8.83 Å². The van der Waals surface area contributed by atoms with Crippen molar-refractivity contribution in [1.82, 2.24) is 0 Å². The summed E-state index contributed by atoms with van der Waals surface area (Å²) in [5.74, 6) is 0. The average Bonchev–Trinajstić information content (AvgIpc) is 3.88. The lowest BCUT2D eigenvalue weighted by molar-refractivity contribution is 0.668. The summed E-state index contributed by atoms with van der Waals surface area (Å²) in [5, 5.41) is 14.3. The van der Waals surface area contributed by atoms with Gasteiger partial charge in [0.1, 0.15) is 22.3 Å². The van der Waals surface area contributed by atoms with Gasteiger partial charge < -0.3 is 8.83 Å². The molecule has 0 fully saturated rings. The van der Waals surface area contributed by atoms with Crippen LogP contribution in [0.5, 0.6) is 0 Å². The molecule has 0 amide bonds. The number of para-hydroxylation sites is 1. The zero-order valence-electron chi connectivity index (χ0n) is 32.4. The predicted molar refractivity (Wildman–Crippen MR) is 253 cm³/mol. The Labute approximate surface area is 345 Å². The number of hydrogen-bond donors (Lipinski definition) is 0. The zero-order chi connectivity index (χ0) is 39.3. The maximum absolute atomic E-state index is 6.74. The van der Waals surface area contributed by atoms with Gasteiger partial charge in [0.2, 0.25) is 0 Å². The SMILES string of the molecule is c1ccc(-c2c3ccccc3c(-c3ccc4oc5cc(-c6c7ccccc7c(-c7cccc8oc9ccccc9c78)c7ccccc67)ccc5c4c3)c3ccccc23)cc1. The Hall–Kier alpha value is -7.94. The molecular formula is C58H34O2. The van der Waals surface area contributed by atoms with E-state index in [1.54, 1.807) is 0 Å². The van der Waals surface area contributed by atoms with Crippen molar-refractivity contribution in [3.05, 3.63) is 206 Å². The van der Waals surface area contributed by atoms with Crippen LogP contribution in [0.2, 0.25) is 0 Å². The Morgan fingerprint density at radius 1 is 0.217 bits per heavy atom. The van der Waals surface area contributed by atoms with E-state index in [9.17, 15) is 0 Å². The Morgan fingerprint density at radius 2 is 0.650 bits per heavy atom. The van der Waals surface area contributed by atoms with Gasteiger partial charge >= 0.3 is 0 Å². The number of hydrogen-bond acceptors (Lipinski definition) is 2. The Balaban J connectivity index is 1.02. The first-order valence-electron chi connectivity index (χ1n) is 20.6. The molecule has 60 heavy (non-hydrogen) atoms. The number of fused-ring (bicyclic) bond motifs is 10. The molecule has 0 saturated carbocycles. The summed E-state index contributed by atoms with van der Waals surface area (Å²) >= 11 is 0. The molecular weight excluding hydrogens is 729 g/mol. The highest BCUT2D eigenvalue weighted by Crippen LogP contribution is 2.49. The van der Waals surface area contributed by atoms with Gasteiger partial charge in [-0.25, -0.2) is 0 Å². The monoisotopic (exact) mass is 762 g/mol. The molecule has 0 saturated heterocycles. The van der Waals surface area contributed by atoms with Crippen LogP contribution in [0, 0.1) is 0 Å². The van der Waals surface area contributed by atoms with E-state index in [0.29, 0.717) is 0 Å². The topological polar surface area (TPSA) is 26.3 Å². The molecule has 0 spiro atoms. The van der Waals surface area contributed by atoms with Gasteiger partial charge in [-0.2, -0.15) is 0 Å². The molecule has 0 atom stereocenters. The normalized spacial score (nSPS) is 12.0. The third kappa shape index (κ3) is 4.76. The molecule has 11 aromatic carbocycles. The third-order valence-electron chi connectivity index (χ3n) is 12.6. The van der Waals surface area contributed by atoms with Gasteiger partial charge in [-0.3, -0.25) is 0 Å². The summed E-state index contributed by atoms with van der Waals surface area (Å²) in [6, 6.07) is 74.4. The highest BCUT2D eigenvalue weighted by Gasteiger charge is 2.22. The first-order chi connectivity index (χ1) is 29.8. The van der Waals surface area contributed by atoms with Gasteiger partial charge in [0.05, 0.1) is 0 Å². The van der Waals surface area contributed by atoms with Crippen molar-refractivity contribution < 1.29 is 8.83 Å². The fourth-order valence-electron chi connectivity index (χ4n) is 10.2. The van der Waals surface area contributed by atoms with Gasteiger partial charge in [-0.15, -0.1) is 0 Å². The fourth-order valence-corrected chi connectivity index (χ4v) is 10.2. The van der Waals surface area contributed by atoms with Crippen molar-refractivity contribution >= 4 is 87.0 Å². The van der Waals surface area contributed by atoms with Crippen molar-refractivity contribution in [2.75, 3.05) is 0 Å². The highest BCUT2D eigenvalue weighted by atomic mass is 16.3. The molecule has 0 N–H and O–H groups in total. The summed E-state index contributed by atoms with van der Waals surface area (Å²) in [6.45, 7) is 0. The lowest BCUT2D eigenvalue weighted by Gasteiger charge is -2.18. The molecule has 13 aromatic rings. The summed E-state index contributed by atoms with van der Waals surface area (Å²) < 4.78 is 13.1. The molecule has 2 heteroatoms. The molecule has 278 valence electrons. The van der Waals surface area contributed by atoms with Crippen molar-refractivity contribution in [1.29, 1.82) is 0 Å². The van der Waals surface area contributed by atoms with Crippen LogP contribution in [0.1, 0.15) is 0 Å².